The number of nitrogens with one attached hydrogen (secondary N) is 3. The summed E-state index contributed by atoms with van der Waals surface area (Å²) < 4.78 is 76.8. The quantitative estimate of drug-likeness (QED) is 0.0608. The zero-order valence-corrected chi connectivity index (χ0v) is 49.8. The first-order valence-electron chi connectivity index (χ1n) is 29.8. The number of aromatic nitrogens is 3. The van der Waals surface area contributed by atoms with Crippen LogP contribution in [0, 0.1) is 17.5 Å². The Labute approximate surface area is 516 Å². The molecule has 0 bridgehead atoms. The van der Waals surface area contributed by atoms with E-state index in [1.54, 1.807) is 32.9 Å². The minimum Gasteiger partial charge on any atom is -0.461 e. The smallest absolute Gasteiger partial charge is 0.410 e. The van der Waals surface area contributed by atoms with Crippen LogP contribution >= 0.6 is 0 Å². The predicted molar refractivity (Wildman–Crippen MR) is 327 cm³/mol. The number of esters is 3. The van der Waals surface area contributed by atoms with Gasteiger partial charge in [-0.25, -0.2) is 27.6 Å². The molecule has 0 unspecified atom stereocenters. The van der Waals surface area contributed by atoms with Gasteiger partial charge in [-0.3, -0.25) is 14.4 Å². The van der Waals surface area contributed by atoms with Crippen molar-refractivity contribution in [2.24, 2.45) is 0 Å². The van der Waals surface area contributed by atoms with Crippen molar-refractivity contribution in [1.29, 1.82) is 0 Å². The van der Waals surface area contributed by atoms with Crippen LogP contribution in [0.15, 0.2) is 152 Å². The fourth-order valence-corrected chi connectivity index (χ4v) is 12.6. The molecular weight excluding hydrogens is 1160 g/mol. The van der Waals surface area contributed by atoms with E-state index in [1.165, 1.54) is 57.2 Å². The van der Waals surface area contributed by atoms with E-state index in [4.69, 9.17) is 28.4 Å². The van der Waals surface area contributed by atoms with Crippen molar-refractivity contribution >= 4 is 68.9 Å². The lowest BCUT2D eigenvalue weighted by Gasteiger charge is -2.25. The lowest BCUT2D eigenvalue weighted by atomic mass is 9.95. The van der Waals surface area contributed by atoms with E-state index in [-0.39, 0.29) is 76.2 Å². The fourth-order valence-electron chi connectivity index (χ4n) is 12.6. The molecule has 3 saturated heterocycles. The molecule has 3 aliphatic heterocycles. The number of carbonyl (C=O) groups excluding carboxylic acids is 6. The average molecular weight is 1230 g/mol. The highest BCUT2D eigenvalue weighted by molar-refractivity contribution is 5.96. The minimum absolute atomic E-state index is 0.0457. The summed E-state index contributed by atoms with van der Waals surface area (Å²) in [5.41, 5.74) is 7.79. The Hall–Kier alpha value is -10.1. The van der Waals surface area contributed by atoms with Gasteiger partial charge in [0.1, 0.15) is 55.6 Å². The van der Waals surface area contributed by atoms with Crippen LogP contribution in [-0.2, 0) is 81.9 Å². The highest BCUT2D eigenvalue weighted by Gasteiger charge is 2.42. The van der Waals surface area contributed by atoms with Gasteiger partial charge >= 0.3 is 36.2 Å². The van der Waals surface area contributed by atoms with Gasteiger partial charge in [-0.1, -0.05) is 91.0 Å². The highest BCUT2D eigenvalue weighted by atomic mass is 19.1. The first-order valence-corrected chi connectivity index (χ1v) is 29.8. The van der Waals surface area contributed by atoms with Gasteiger partial charge in [0.15, 0.2) is 0 Å². The third-order valence-corrected chi connectivity index (χ3v) is 16.5. The van der Waals surface area contributed by atoms with Crippen LogP contribution in [0.3, 0.4) is 0 Å². The van der Waals surface area contributed by atoms with Gasteiger partial charge < -0.3 is 58.1 Å². The van der Waals surface area contributed by atoms with Crippen LogP contribution in [-0.4, -0.2) is 122 Å². The summed E-state index contributed by atoms with van der Waals surface area (Å²) in [5, 5.41) is 2.29. The molecule has 3 amide bonds. The highest BCUT2D eigenvalue weighted by Crippen LogP contribution is 2.41. The maximum absolute atomic E-state index is 14.9. The number of fused-ring (bicyclic) bond motifs is 3. The molecule has 90 heavy (non-hydrogen) atoms. The molecule has 6 atom stereocenters. The largest absolute Gasteiger partial charge is 0.461 e. The van der Waals surface area contributed by atoms with Crippen LogP contribution < -0.4 is 0 Å². The number of carbonyl (C=O) groups is 6. The summed E-state index contributed by atoms with van der Waals surface area (Å²) in [6.07, 6.45) is 0.889. The van der Waals surface area contributed by atoms with E-state index >= 15 is 0 Å². The number of halogens is 3. The topological polar surface area (TPSA) is 215 Å². The summed E-state index contributed by atoms with van der Waals surface area (Å²) in [5.74, 6) is -2.56. The SMILES string of the molecule is CC(=O)O[C@H]1C[C@@H](Cc2c(-c3[nH]c4cc(F)ccc4c3C[C@@H]3C[C@H](OC(C)=O)CN3C(=O)OCc3ccccc3)[nH]c3cc(F)ccc23)N(C(=O)OCc2ccccc2)C1.CC(=O)O[C@H]1C[C@@H](Cc2c[nH]c3cc(F)ccc23)N(C(=O)OCc2ccccc2)C1. The first-order chi connectivity index (χ1) is 43.5. The Bertz CT molecular complexity index is 3890. The number of hydrogen-bond acceptors (Lipinski definition) is 12. The lowest BCUT2D eigenvalue weighted by molar-refractivity contribution is -0.146. The summed E-state index contributed by atoms with van der Waals surface area (Å²) in [6.45, 7) is 4.78. The predicted octanol–water partition coefficient (Wildman–Crippen LogP) is 12.6. The molecule has 3 aliphatic rings. The molecular formula is C69H67F3N6O12. The van der Waals surface area contributed by atoms with Gasteiger partial charge in [-0.15, -0.1) is 0 Å². The Morgan fingerprint density at radius 2 is 0.767 bits per heavy atom. The number of rotatable bonds is 16. The molecule has 0 radical (unpaired) electrons. The summed E-state index contributed by atoms with van der Waals surface area (Å²) in [6, 6.07) is 40.3. The molecule has 466 valence electrons. The van der Waals surface area contributed by atoms with Crippen LogP contribution in [0.5, 0.6) is 0 Å². The fraction of sp³-hybridized carbons (Fsp3) is 0.304. The Morgan fingerprint density at radius 3 is 1.12 bits per heavy atom. The van der Waals surface area contributed by atoms with E-state index < -0.39 is 66.1 Å². The summed E-state index contributed by atoms with van der Waals surface area (Å²) in [7, 11) is 0. The zero-order valence-electron chi connectivity index (χ0n) is 49.8. The Kier molecular flexibility index (Phi) is 18.9. The standard InChI is InChI=1S/C46H44F2N4O8.C23H23FN2O4/c1-27(53)59-35-19-33(51(23-35)45(55)57-25-29-9-5-3-6-10-29)21-39-37-15-13-31(47)17-41(37)49-43(39)44-40(38-16-14-32(48)18-42(38)50-44)22-34-20-36(60-28(2)54)24-52(34)46(56)58-26-30-11-7-4-8-12-30;1-15(27)30-20-11-19(9-17-12-25-22-10-18(24)7-8-21(17)22)26(13-20)23(28)29-14-16-5-3-2-4-6-16/h3-18,33-36,49-50H,19-26H2,1-2H3;2-8,10,12,19-20,25H,9,11,13-14H2,1H3/t33-,34-,35-,36-;19-,20+/m01/s1. The van der Waals surface area contributed by atoms with Gasteiger partial charge in [0.25, 0.3) is 0 Å². The monoisotopic (exact) mass is 1230 g/mol. The molecule has 9 aromatic rings. The van der Waals surface area contributed by atoms with Crippen LogP contribution in [0.2, 0.25) is 0 Å². The number of ether oxygens (including phenoxy) is 6. The van der Waals surface area contributed by atoms with Gasteiger partial charge in [0.2, 0.25) is 0 Å². The number of likely N-dealkylation sites (tertiary alicyclic amines) is 3. The van der Waals surface area contributed by atoms with Crippen molar-refractivity contribution in [2.45, 2.75) is 116 Å². The number of nitrogens with zero attached hydrogens (tertiary/aromatic N) is 3. The minimum atomic E-state index is -0.588. The molecule has 21 heteroatoms. The van der Waals surface area contributed by atoms with Gasteiger partial charge in [-0.05, 0) is 107 Å². The second kappa shape index (κ2) is 27.6. The van der Waals surface area contributed by atoms with Crippen LogP contribution in [0.25, 0.3) is 44.1 Å². The van der Waals surface area contributed by atoms with Crippen LogP contribution in [0.1, 0.15) is 73.4 Å². The van der Waals surface area contributed by atoms with E-state index in [9.17, 15) is 41.9 Å². The number of amides is 3. The molecule has 3 N–H and O–H groups in total. The molecule has 0 aliphatic carbocycles. The van der Waals surface area contributed by atoms with E-state index in [0.717, 1.165) is 38.8 Å². The number of benzene rings is 6. The normalized spacial score (nSPS) is 18.8. The van der Waals surface area contributed by atoms with E-state index in [1.807, 2.05) is 97.2 Å². The third kappa shape index (κ3) is 14.7. The molecule has 0 spiro atoms. The maximum Gasteiger partial charge on any atom is 0.410 e. The molecule has 0 saturated carbocycles. The van der Waals surface area contributed by atoms with E-state index in [2.05, 4.69) is 15.0 Å². The van der Waals surface area contributed by atoms with Crippen LogP contribution in [0.4, 0.5) is 27.6 Å². The molecule has 3 fully saturated rings. The second-order valence-electron chi connectivity index (χ2n) is 22.9. The number of H-pyrrole nitrogens is 3. The summed E-state index contributed by atoms with van der Waals surface area (Å²) in [4.78, 5) is 90.6. The summed E-state index contributed by atoms with van der Waals surface area (Å²) >= 11 is 0. The maximum atomic E-state index is 14.9. The number of aromatic amines is 3. The lowest BCUT2D eigenvalue weighted by Crippen LogP contribution is -2.38. The van der Waals surface area contributed by atoms with Crippen molar-refractivity contribution in [2.75, 3.05) is 19.6 Å². The van der Waals surface area contributed by atoms with Crippen molar-refractivity contribution in [3.05, 3.63) is 203 Å². The zero-order chi connectivity index (χ0) is 63.0. The molecule has 18 nitrogen and oxygen atoms in total. The number of hydrogen-bond donors (Lipinski definition) is 3. The Balaban J connectivity index is 0.000000232. The molecule has 6 heterocycles. The van der Waals surface area contributed by atoms with E-state index in [0.29, 0.717) is 64.4 Å². The van der Waals surface area contributed by atoms with Crippen molar-refractivity contribution < 1.29 is 70.4 Å². The average Bonchev–Trinajstić information content (AvgIpc) is 1.73. The Morgan fingerprint density at radius 1 is 0.433 bits per heavy atom. The molecule has 12 rings (SSSR count). The van der Waals surface area contributed by atoms with Crippen molar-refractivity contribution in [1.82, 2.24) is 29.7 Å². The first kappa shape index (κ1) is 61.6. The van der Waals surface area contributed by atoms with Gasteiger partial charge in [0.05, 0.1) is 31.0 Å². The van der Waals surface area contributed by atoms with Gasteiger partial charge in [-0.2, -0.15) is 0 Å². The van der Waals surface area contributed by atoms with Crippen molar-refractivity contribution in [3.63, 3.8) is 0 Å². The third-order valence-electron chi connectivity index (χ3n) is 16.5. The molecule has 6 aromatic carbocycles. The van der Waals surface area contributed by atoms with Crippen molar-refractivity contribution in [3.8, 4) is 11.4 Å². The molecule has 3 aromatic heterocycles. The van der Waals surface area contributed by atoms with Gasteiger partial charge in [0, 0.05) is 97.1 Å². The second-order valence-corrected chi connectivity index (χ2v) is 22.9.